The minimum Gasteiger partial charge on any atom is -0.326 e. The van der Waals surface area contributed by atoms with Crippen LogP contribution in [0.3, 0.4) is 0 Å². The first-order chi connectivity index (χ1) is 15.0. The molecule has 1 heterocycles. The zero-order valence-electron chi connectivity index (χ0n) is 17.3. The number of amides is 3. The van der Waals surface area contributed by atoms with E-state index in [9.17, 15) is 14.0 Å². The fourth-order valence-electron chi connectivity index (χ4n) is 3.80. The number of carbonyl (C=O) groups excluding carboxylic acids is 2. The molecule has 6 heteroatoms. The van der Waals surface area contributed by atoms with E-state index in [2.05, 4.69) is 10.6 Å². The molecule has 3 aromatic rings. The van der Waals surface area contributed by atoms with Crippen molar-refractivity contribution < 1.29 is 14.0 Å². The Hall–Kier alpha value is -3.67. The van der Waals surface area contributed by atoms with E-state index in [0.29, 0.717) is 24.2 Å². The van der Waals surface area contributed by atoms with Gasteiger partial charge in [-0.25, -0.2) is 9.18 Å². The zero-order valence-corrected chi connectivity index (χ0v) is 17.3. The van der Waals surface area contributed by atoms with Gasteiger partial charge in [-0.1, -0.05) is 54.6 Å². The molecule has 1 atom stereocenters. The summed E-state index contributed by atoms with van der Waals surface area (Å²) in [5.41, 5.74) is 3.77. The van der Waals surface area contributed by atoms with Gasteiger partial charge in [0.2, 0.25) is 5.91 Å². The van der Waals surface area contributed by atoms with Gasteiger partial charge in [-0.05, 0) is 48.2 Å². The van der Waals surface area contributed by atoms with E-state index < -0.39 is 17.9 Å². The summed E-state index contributed by atoms with van der Waals surface area (Å²) in [6, 6.07) is 20.5. The SMILES string of the molecule is Cc1ccc(NC(=O)N[C@H](Cc2ccccc2)C(=O)N2CCc3ccccc32)cc1F. The lowest BCUT2D eigenvalue weighted by atomic mass is 10.0. The van der Waals surface area contributed by atoms with E-state index in [1.807, 2.05) is 54.6 Å². The molecule has 158 valence electrons. The van der Waals surface area contributed by atoms with Crippen LogP contribution < -0.4 is 15.5 Å². The average Bonchev–Trinajstić information content (AvgIpc) is 3.20. The Labute approximate surface area is 180 Å². The second kappa shape index (κ2) is 9.00. The lowest BCUT2D eigenvalue weighted by Crippen LogP contribution is -2.50. The summed E-state index contributed by atoms with van der Waals surface area (Å²) >= 11 is 0. The second-order valence-electron chi connectivity index (χ2n) is 7.67. The van der Waals surface area contributed by atoms with Gasteiger partial charge in [0.1, 0.15) is 11.9 Å². The quantitative estimate of drug-likeness (QED) is 0.644. The Bertz CT molecular complexity index is 1100. The largest absolute Gasteiger partial charge is 0.326 e. The number of hydrogen-bond acceptors (Lipinski definition) is 2. The molecule has 31 heavy (non-hydrogen) atoms. The van der Waals surface area contributed by atoms with Crippen LogP contribution in [0.4, 0.5) is 20.6 Å². The van der Waals surface area contributed by atoms with Crippen molar-refractivity contribution in [1.29, 1.82) is 0 Å². The summed E-state index contributed by atoms with van der Waals surface area (Å²) in [5.74, 6) is -0.567. The van der Waals surface area contributed by atoms with Crippen LogP contribution in [0.25, 0.3) is 0 Å². The Morgan fingerprint density at radius 2 is 1.77 bits per heavy atom. The molecule has 5 nitrogen and oxygen atoms in total. The Morgan fingerprint density at radius 3 is 2.55 bits per heavy atom. The summed E-state index contributed by atoms with van der Waals surface area (Å²) in [6.07, 6.45) is 1.14. The van der Waals surface area contributed by atoms with Crippen LogP contribution in [-0.2, 0) is 17.6 Å². The molecule has 0 spiro atoms. The minimum absolute atomic E-state index is 0.168. The van der Waals surface area contributed by atoms with Gasteiger partial charge in [0.25, 0.3) is 0 Å². The summed E-state index contributed by atoms with van der Waals surface area (Å²) in [5, 5.41) is 5.42. The maximum atomic E-state index is 13.8. The predicted octanol–water partition coefficient (Wildman–Crippen LogP) is 4.46. The summed E-state index contributed by atoms with van der Waals surface area (Å²) in [4.78, 5) is 27.8. The Kier molecular flexibility index (Phi) is 5.98. The van der Waals surface area contributed by atoms with Crippen molar-refractivity contribution in [2.75, 3.05) is 16.8 Å². The van der Waals surface area contributed by atoms with Gasteiger partial charge in [-0.3, -0.25) is 4.79 Å². The van der Waals surface area contributed by atoms with Gasteiger partial charge in [0.05, 0.1) is 0 Å². The van der Waals surface area contributed by atoms with E-state index >= 15 is 0 Å². The predicted molar refractivity (Wildman–Crippen MR) is 120 cm³/mol. The van der Waals surface area contributed by atoms with Gasteiger partial charge in [0.15, 0.2) is 0 Å². The molecule has 0 bridgehead atoms. The van der Waals surface area contributed by atoms with E-state index in [1.54, 1.807) is 24.0 Å². The van der Waals surface area contributed by atoms with Gasteiger partial charge >= 0.3 is 6.03 Å². The Morgan fingerprint density at radius 1 is 1.03 bits per heavy atom. The molecule has 0 saturated carbocycles. The first-order valence-corrected chi connectivity index (χ1v) is 10.3. The molecule has 0 aliphatic carbocycles. The number of fused-ring (bicyclic) bond motifs is 1. The summed E-state index contributed by atoms with van der Waals surface area (Å²) < 4.78 is 13.8. The van der Waals surface area contributed by atoms with E-state index in [-0.39, 0.29) is 5.91 Å². The lowest BCUT2D eigenvalue weighted by molar-refractivity contribution is -0.120. The highest BCUT2D eigenvalue weighted by atomic mass is 19.1. The fraction of sp³-hybridized carbons (Fsp3) is 0.200. The number of hydrogen-bond donors (Lipinski definition) is 2. The topological polar surface area (TPSA) is 61.4 Å². The number of para-hydroxylation sites is 1. The van der Waals surface area contributed by atoms with Crippen molar-refractivity contribution in [1.82, 2.24) is 5.32 Å². The normalized spacial score (nSPS) is 13.4. The molecule has 0 radical (unpaired) electrons. The highest BCUT2D eigenvalue weighted by Gasteiger charge is 2.31. The number of nitrogens with zero attached hydrogens (tertiary/aromatic N) is 1. The first kappa shape index (κ1) is 20.6. The van der Waals surface area contributed by atoms with Crippen molar-refractivity contribution in [3.8, 4) is 0 Å². The number of rotatable bonds is 5. The highest BCUT2D eigenvalue weighted by Crippen LogP contribution is 2.28. The monoisotopic (exact) mass is 417 g/mol. The van der Waals surface area contributed by atoms with Gasteiger partial charge in [-0.2, -0.15) is 0 Å². The van der Waals surface area contributed by atoms with Crippen molar-refractivity contribution in [3.63, 3.8) is 0 Å². The number of halogens is 1. The van der Waals surface area contributed by atoms with Gasteiger partial charge in [-0.15, -0.1) is 0 Å². The molecule has 4 rings (SSSR count). The average molecular weight is 417 g/mol. The lowest BCUT2D eigenvalue weighted by Gasteiger charge is -2.25. The van der Waals surface area contributed by atoms with E-state index in [4.69, 9.17) is 0 Å². The molecular weight excluding hydrogens is 393 g/mol. The third-order valence-corrected chi connectivity index (χ3v) is 5.47. The molecule has 1 aliphatic heterocycles. The molecule has 0 saturated heterocycles. The molecular formula is C25H24FN3O2. The van der Waals surface area contributed by atoms with E-state index in [0.717, 1.165) is 23.2 Å². The standard InChI is InChI=1S/C25H24FN3O2/c1-17-11-12-20(16-21(17)26)27-25(31)28-22(15-18-7-3-2-4-8-18)24(30)29-14-13-19-9-5-6-10-23(19)29/h2-12,16,22H,13-15H2,1H3,(H2,27,28,31)/t22-/m1/s1. The maximum Gasteiger partial charge on any atom is 0.319 e. The molecule has 0 unspecified atom stereocenters. The Balaban J connectivity index is 1.53. The van der Waals surface area contributed by atoms with Crippen LogP contribution >= 0.6 is 0 Å². The van der Waals surface area contributed by atoms with Crippen LogP contribution in [0.1, 0.15) is 16.7 Å². The molecule has 3 amide bonds. The third kappa shape index (κ3) is 4.74. The van der Waals surface area contributed by atoms with Crippen LogP contribution in [0, 0.1) is 12.7 Å². The first-order valence-electron chi connectivity index (χ1n) is 10.3. The number of aryl methyl sites for hydroxylation is 1. The molecule has 0 aromatic heterocycles. The smallest absolute Gasteiger partial charge is 0.319 e. The number of carbonyl (C=O) groups is 2. The third-order valence-electron chi connectivity index (χ3n) is 5.47. The van der Waals surface area contributed by atoms with Crippen molar-refractivity contribution in [3.05, 3.63) is 95.3 Å². The van der Waals surface area contributed by atoms with Crippen LogP contribution in [0.5, 0.6) is 0 Å². The molecule has 1 aliphatic rings. The minimum atomic E-state index is -0.760. The molecule has 3 aromatic carbocycles. The zero-order chi connectivity index (χ0) is 21.8. The fourth-order valence-corrected chi connectivity index (χ4v) is 3.80. The van der Waals surface area contributed by atoms with Crippen molar-refractivity contribution in [2.45, 2.75) is 25.8 Å². The summed E-state index contributed by atoms with van der Waals surface area (Å²) in [6.45, 7) is 2.23. The van der Waals surface area contributed by atoms with Crippen molar-refractivity contribution in [2.24, 2.45) is 0 Å². The second-order valence-corrected chi connectivity index (χ2v) is 7.67. The summed E-state index contributed by atoms with van der Waals surface area (Å²) in [7, 11) is 0. The molecule has 2 N–H and O–H groups in total. The van der Waals surface area contributed by atoms with Crippen LogP contribution in [0.15, 0.2) is 72.8 Å². The number of nitrogens with one attached hydrogen (secondary N) is 2. The number of urea groups is 1. The van der Waals surface area contributed by atoms with Crippen molar-refractivity contribution >= 4 is 23.3 Å². The number of benzene rings is 3. The maximum absolute atomic E-state index is 13.8. The van der Waals surface area contributed by atoms with E-state index in [1.165, 1.54) is 6.07 Å². The van der Waals surface area contributed by atoms with Gasteiger partial charge in [0, 0.05) is 24.3 Å². The number of anilines is 2. The van der Waals surface area contributed by atoms with Gasteiger partial charge < -0.3 is 15.5 Å². The molecule has 0 fully saturated rings. The highest BCUT2D eigenvalue weighted by molar-refractivity contribution is 6.02. The van der Waals surface area contributed by atoms with Crippen LogP contribution in [-0.4, -0.2) is 24.5 Å². The van der Waals surface area contributed by atoms with Crippen LogP contribution in [0.2, 0.25) is 0 Å².